The van der Waals surface area contributed by atoms with Crippen LogP contribution >= 0.6 is 0 Å². The van der Waals surface area contributed by atoms with Crippen molar-refractivity contribution in [2.45, 2.75) is 13.3 Å². The maximum absolute atomic E-state index is 11.0. The van der Waals surface area contributed by atoms with Crippen LogP contribution in [-0.2, 0) is 13.5 Å². The van der Waals surface area contributed by atoms with E-state index < -0.39 is 0 Å². The predicted molar refractivity (Wildman–Crippen MR) is 41.7 cm³/mol. The second-order valence-corrected chi connectivity index (χ2v) is 2.38. The Kier molecular flexibility index (Phi) is 1.94. The first kappa shape index (κ1) is 7.78. The van der Waals surface area contributed by atoms with Gasteiger partial charge in [-0.3, -0.25) is 9.78 Å². The van der Waals surface area contributed by atoms with Crippen LogP contribution in [0.5, 0.6) is 0 Å². The van der Waals surface area contributed by atoms with E-state index in [4.69, 9.17) is 0 Å². The summed E-state index contributed by atoms with van der Waals surface area (Å²) in [5.74, 6) is 0. The number of hydrogen-bond acceptors (Lipinski definition) is 2. The predicted octanol–water partition coefficient (Wildman–Crippen LogP) is -0.364. The molecule has 0 atom stereocenters. The van der Waals surface area contributed by atoms with Crippen molar-refractivity contribution in [1.82, 2.24) is 9.55 Å². The fourth-order valence-corrected chi connectivity index (χ4v) is 0.868. The molecule has 4 nitrogen and oxygen atoms in total. The van der Waals surface area contributed by atoms with Gasteiger partial charge >= 0.3 is 5.69 Å². The minimum Gasteiger partial charge on any atom is -0.303 e. The Balaban J connectivity index is 3.45. The van der Waals surface area contributed by atoms with Crippen molar-refractivity contribution in [2.24, 2.45) is 7.05 Å². The average Bonchev–Trinajstić information content (AvgIpc) is 1.97. The van der Waals surface area contributed by atoms with Crippen LogP contribution < -0.4 is 11.2 Å². The quantitative estimate of drug-likeness (QED) is 0.600. The Morgan fingerprint density at radius 1 is 1.55 bits per heavy atom. The Bertz CT molecular complexity index is 361. The summed E-state index contributed by atoms with van der Waals surface area (Å²) >= 11 is 0. The van der Waals surface area contributed by atoms with Crippen LogP contribution in [-0.4, -0.2) is 9.55 Å². The highest BCUT2D eigenvalue weighted by molar-refractivity contribution is 5.03. The van der Waals surface area contributed by atoms with Gasteiger partial charge < -0.3 is 4.57 Å². The smallest absolute Gasteiger partial charge is 0.303 e. The van der Waals surface area contributed by atoms with E-state index >= 15 is 0 Å². The number of nitrogens with one attached hydrogen (secondary N) is 1. The molecular weight excluding hydrogens is 144 g/mol. The molecule has 0 aliphatic rings. The largest absolute Gasteiger partial charge is 0.328 e. The number of H-pyrrole nitrogens is 1. The van der Waals surface area contributed by atoms with Crippen molar-refractivity contribution in [2.75, 3.05) is 0 Å². The molecule has 0 aliphatic carbocycles. The van der Waals surface area contributed by atoms with E-state index in [0.717, 1.165) is 0 Å². The molecule has 1 aromatic heterocycles. The number of rotatable bonds is 1. The van der Waals surface area contributed by atoms with Gasteiger partial charge in [0.05, 0.1) is 0 Å². The molecule has 0 spiro atoms. The number of aromatic amines is 1. The first-order valence-electron chi connectivity index (χ1n) is 3.44. The van der Waals surface area contributed by atoms with Crippen molar-refractivity contribution in [3.05, 3.63) is 32.6 Å². The zero-order chi connectivity index (χ0) is 8.43. The highest BCUT2D eigenvalue weighted by Crippen LogP contribution is 1.85. The van der Waals surface area contributed by atoms with Crippen LogP contribution in [0.2, 0.25) is 0 Å². The second kappa shape index (κ2) is 2.74. The lowest BCUT2D eigenvalue weighted by molar-refractivity contribution is 0.778. The highest BCUT2D eigenvalue weighted by atomic mass is 16.2. The molecular formula is C7H10N2O2. The standard InChI is InChI=1S/C7H10N2O2/c1-3-5-4-9(2)7(11)8-6(5)10/h4H,3H2,1-2H3,(H,8,10,11). The summed E-state index contributed by atoms with van der Waals surface area (Å²) in [5.41, 5.74) is -0.0186. The lowest BCUT2D eigenvalue weighted by atomic mass is 10.3. The Hall–Kier alpha value is -1.32. The lowest BCUT2D eigenvalue weighted by Gasteiger charge is -1.97. The van der Waals surface area contributed by atoms with E-state index in [9.17, 15) is 9.59 Å². The molecule has 1 heterocycles. The first-order valence-corrected chi connectivity index (χ1v) is 3.44. The molecule has 4 heteroatoms. The summed E-state index contributed by atoms with van der Waals surface area (Å²) in [5, 5.41) is 0. The summed E-state index contributed by atoms with van der Waals surface area (Å²) in [6.45, 7) is 1.87. The SMILES string of the molecule is CCc1cn(C)c(=O)[nH]c1=O. The molecule has 0 saturated heterocycles. The Labute approximate surface area is 63.5 Å². The van der Waals surface area contributed by atoms with Gasteiger partial charge in [0.15, 0.2) is 0 Å². The summed E-state index contributed by atoms with van der Waals surface area (Å²) in [6.07, 6.45) is 2.20. The molecule has 1 aromatic rings. The number of hydrogen-bond donors (Lipinski definition) is 1. The van der Waals surface area contributed by atoms with Gasteiger partial charge in [-0.1, -0.05) is 6.92 Å². The molecule has 0 bridgehead atoms. The van der Waals surface area contributed by atoms with Gasteiger partial charge in [0, 0.05) is 18.8 Å². The number of aromatic nitrogens is 2. The summed E-state index contributed by atoms with van der Waals surface area (Å²) in [6, 6.07) is 0. The minimum absolute atomic E-state index is 0.282. The highest BCUT2D eigenvalue weighted by Gasteiger charge is 1.97. The van der Waals surface area contributed by atoms with Crippen molar-refractivity contribution in [3.8, 4) is 0 Å². The van der Waals surface area contributed by atoms with Crippen LogP contribution in [0.25, 0.3) is 0 Å². The maximum Gasteiger partial charge on any atom is 0.328 e. The van der Waals surface area contributed by atoms with Crippen LogP contribution in [0.1, 0.15) is 12.5 Å². The van der Waals surface area contributed by atoms with E-state index in [1.165, 1.54) is 4.57 Å². The van der Waals surface area contributed by atoms with Gasteiger partial charge in [-0.15, -0.1) is 0 Å². The van der Waals surface area contributed by atoms with E-state index in [0.29, 0.717) is 12.0 Å². The van der Waals surface area contributed by atoms with Gasteiger partial charge in [-0.25, -0.2) is 4.79 Å². The Morgan fingerprint density at radius 2 is 2.18 bits per heavy atom. The molecule has 0 aromatic carbocycles. The average molecular weight is 154 g/mol. The fourth-order valence-electron chi connectivity index (χ4n) is 0.868. The number of aryl methyl sites for hydroxylation is 2. The van der Waals surface area contributed by atoms with Gasteiger partial charge in [0.2, 0.25) is 0 Å². The monoisotopic (exact) mass is 154 g/mol. The third-order valence-electron chi connectivity index (χ3n) is 1.56. The third-order valence-corrected chi connectivity index (χ3v) is 1.56. The van der Waals surface area contributed by atoms with Crippen LogP contribution in [0.15, 0.2) is 15.8 Å². The topological polar surface area (TPSA) is 54.9 Å². The molecule has 0 radical (unpaired) electrons. The zero-order valence-corrected chi connectivity index (χ0v) is 6.55. The summed E-state index contributed by atoms with van der Waals surface area (Å²) in [4.78, 5) is 24.0. The van der Waals surface area contributed by atoms with E-state index in [1.54, 1.807) is 13.2 Å². The maximum atomic E-state index is 11.0. The molecule has 0 unspecified atom stereocenters. The summed E-state index contributed by atoms with van der Waals surface area (Å²) in [7, 11) is 1.61. The molecule has 0 saturated carbocycles. The molecule has 0 aliphatic heterocycles. The molecule has 0 amide bonds. The van der Waals surface area contributed by atoms with Crippen LogP contribution in [0, 0.1) is 0 Å². The molecule has 60 valence electrons. The van der Waals surface area contributed by atoms with Gasteiger partial charge in [-0.05, 0) is 6.42 Å². The van der Waals surface area contributed by atoms with Crippen LogP contribution in [0.3, 0.4) is 0 Å². The van der Waals surface area contributed by atoms with Gasteiger partial charge in [-0.2, -0.15) is 0 Å². The van der Waals surface area contributed by atoms with Crippen molar-refractivity contribution < 1.29 is 0 Å². The molecule has 1 rings (SSSR count). The second-order valence-electron chi connectivity index (χ2n) is 2.38. The first-order chi connectivity index (χ1) is 5.15. The molecule has 0 fully saturated rings. The van der Waals surface area contributed by atoms with Crippen molar-refractivity contribution in [1.29, 1.82) is 0 Å². The van der Waals surface area contributed by atoms with Crippen molar-refractivity contribution >= 4 is 0 Å². The van der Waals surface area contributed by atoms with E-state index in [1.807, 2.05) is 6.92 Å². The zero-order valence-electron chi connectivity index (χ0n) is 6.55. The Morgan fingerprint density at radius 3 is 2.73 bits per heavy atom. The van der Waals surface area contributed by atoms with E-state index in [-0.39, 0.29) is 11.2 Å². The number of nitrogens with zero attached hydrogens (tertiary/aromatic N) is 1. The van der Waals surface area contributed by atoms with Gasteiger partial charge in [0.25, 0.3) is 5.56 Å². The van der Waals surface area contributed by atoms with Gasteiger partial charge in [0.1, 0.15) is 0 Å². The van der Waals surface area contributed by atoms with Crippen LogP contribution in [0.4, 0.5) is 0 Å². The third kappa shape index (κ3) is 1.39. The normalized spacial score (nSPS) is 10.0. The summed E-state index contributed by atoms with van der Waals surface area (Å²) < 4.78 is 1.36. The van der Waals surface area contributed by atoms with E-state index in [2.05, 4.69) is 4.98 Å². The lowest BCUT2D eigenvalue weighted by Crippen LogP contribution is -2.29. The van der Waals surface area contributed by atoms with Crippen molar-refractivity contribution in [3.63, 3.8) is 0 Å². The fraction of sp³-hybridized carbons (Fsp3) is 0.429. The molecule has 1 N–H and O–H groups in total. The minimum atomic E-state index is -0.368. The molecule has 11 heavy (non-hydrogen) atoms.